The van der Waals surface area contributed by atoms with Gasteiger partial charge in [-0.05, 0) is 6.42 Å². The first-order valence-electron chi connectivity index (χ1n) is 5.72. The summed E-state index contributed by atoms with van der Waals surface area (Å²) < 4.78 is 1.11. The summed E-state index contributed by atoms with van der Waals surface area (Å²) in [6.45, 7) is 1.75. The van der Waals surface area contributed by atoms with Gasteiger partial charge >= 0.3 is 5.69 Å². The van der Waals surface area contributed by atoms with Gasteiger partial charge in [-0.1, -0.05) is 6.92 Å². The highest BCUT2D eigenvalue weighted by molar-refractivity contribution is 5.90. The lowest BCUT2D eigenvalue weighted by Gasteiger charge is -2.06. The summed E-state index contributed by atoms with van der Waals surface area (Å²) in [7, 11) is 0. The molecule has 0 bridgehead atoms. The summed E-state index contributed by atoms with van der Waals surface area (Å²) in [6.07, 6.45) is 3.63. The van der Waals surface area contributed by atoms with Crippen LogP contribution in [0.1, 0.15) is 12.5 Å². The van der Waals surface area contributed by atoms with E-state index in [1.165, 1.54) is 12.3 Å². The lowest BCUT2D eigenvalue weighted by molar-refractivity contribution is -0.116. The largest absolute Gasteiger partial charge is 0.328 e. The van der Waals surface area contributed by atoms with E-state index in [9.17, 15) is 14.4 Å². The molecule has 8 nitrogen and oxygen atoms in total. The molecule has 100 valence electrons. The number of aromatic nitrogens is 4. The predicted molar refractivity (Wildman–Crippen MR) is 67.9 cm³/mol. The van der Waals surface area contributed by atoms with Gasteiger partial charge in [0.05, 0.1) is 6.20 Å². The molecular formula is C11H13N5O3. The summed E-state index contributed by atoms with van der Waals surface area (Å²) in [5.74, 6) is 0.137. The van der Waals surface area contributed by atoms with Gasteiger partial charge in [-0.25, -0.2) is 4.79 Å². The van der Waals surface area contributed by atoms with E-state index in [-0.39, 0.29) is 12.5 Å². The fourth-order valence-corrected chi connectivity index (χ4v) is 1.59. The summed E-state index contributed by atoms with van der Waals surface area (Å²) in [5, 5.41) is 9.12. The van der Waals surface area contributed by atoms with Gasteiger partial charge in [0.1, 0.15) is 12.4 Å². The van der Waals surface area contributed by atoms with Crippen molar-refractivity contribution in [1.29, 1.82) is 0 Å². The van der Waals surface area contributed by atoms with E-state index in [2.05, 4.69) is 20.5 Å². The lowest BCUT2D eigenvalue weighted by Crippen LogP contribution is -2.32. The van der Waals surface area contributed by atoms with Gasteiger partial charge in [-0.15, -0.1) is 0 Å². The molecular weight excluding hydrogens is 250 g/mol. The van der Waals surface area contributed by atoms with E-state index in [0.717, 1.165) is 16.6 Å². The maximum absolute atomic E-state index is 11.8. The molecule has 0 spiro atoms. The molecule has 2 rings (SSSR count). The van der Waals surface area contributed by atoms with Crippen molar-refractivity contribution in [2.75, 3.05) is 5.32 Å². The van der Waals surface area contributed by atoms with Gasteiger partial charge in [0.15, 0.2) is 0 Å². The Kier molecular flexibility index (Phi) is 3.60. The Bertz CT molecular complexity index is 697. The third kappa shape index (κ3) is 2.97. The van der Waals surface area contributed by atoms with Crippen LogP contribution in [0.25, 0.3) is 0 Å². The van der Waals surface area contributed by atoms with Crippen molar-refractivity contribution < 1.29 is 4.79 Å². The Morgan fingerprint density at radius 2 is 2.26 bits per heavy atom. The van der Waals surface area contributed by atoms with Crippen LogP contribution in [0, 0.1) is 0 Å². The minimum atomic E-state index is -0.622. The molecule has 0 aliphatic rings. The number of anilines is 1. The van der Waals surface area contributed by atoms with Crippen molar-refractivity contribution in [1.82, 2.24) is 19.7 Å². The molecule has 0 fully saturated rings. The van der Waals surface area contributed by atoms with Gasteiger partial charge in [-0.3, -0.25) is 24.2 Å². The number of aromatic amines is 2. The Morgan fingerprint density at radius 3 is 2.95 bits per heavy atom. The summed E-state index contributed by atoms with van der Waals surface area (Å²) in [5.41, 5.74) is -0.242. The van der Waals surface area contributed by atoms with Crippen molar-refractivity contribution in [3.05, 3.63) is 44.9 Å². The van der Waals surface area contributed by atoms with Crippen LogP contribution < -0.4 is 16.6 Å². The molecule has 0 aliphatic heterocycles. The number of carbonyl (C=O) groups excluding carboxylic acids is 1. The monoisotopic (exact) mass is 263 g/mol. The summed E-state index contributed by atoms with van der Waals surface area (Å²) in [6, 6.07) is 1.18. The normalized spacial score (nSPS) is 10.4. The highest BCUT2D eigenvalue weighted by Gasteiger charge is 2.09. The van der Waals surface area contributed by atoms with Crippen LogP contribution in [0.15, 0.2) is 28.0 Å². The standard InChI is InChI=1S/C11H13N5O3/c1-2-7-5-12-15-10(7)13-9(18)6-16-4-3-8(17)14-11(16)19/h3-5H,2,6H2,1H3,(H,14,17,19)(H2,12,13,15,18). The van der Waals surface area contributed by atoms with Crippen molar-refractivity contribution in [3.8, 4) is 0 Å². The molecule has 2 heterocycles. The molecule has 2 aromatic heterocycles. The van der Waals surface area contributed by atoms with Gasteiger partial charge in [0.2, 0.25) is 5.91 Å². The first-order chi connectivity index (χ1) is 9.10. The molecule has 3 N–H and O–H groups in total. The molecule has 0 saturated carbocycles. The molecule has 8 heteroatoms. The Labute approximate surface area is 107 Å². The quantitative estimate of drug-likeness (QED) is 0.687. The second kappa shape index (κ2) is 5.34. The van der Waals surface area contributed by atoms with E-state index >= 15 is 0 Å². The summed E-state index contributed by atoms with van der Waals surface area (Å²) >= 11 is 0. The number of hydrogen-bond donors (Lipinski definition) is 3. The number of amides is 1. The van der Waals surface area contributed by atoms with Crippen LogP contribution >= 0.6 is 0 Å². The molecule has 0 saturated heterocycles. The lowest BCUT2D eigenvalue weighted by atomic mass is 10.2. The van der Waals surface area contributed by atoms with Gasteiger partial charge < -0.3 is 5.32 Å². The average molecular weight is 263 g/mol. The zero-order chi connectivity index (χ0) is 13.8. The number of H-pyrrole nitrogens is 2. The second-order valence-electron chi connectivity index (χ2n) is 3.91. The minimum absolute atomic E-state index is 0.183. The zero-order valence-electron chi connectivity index (χ0n) is 10.3. The van der Waals surface area contributed by atoms with E-state index in [1.54, 1.807) is 6.20 Å². The van der Waals surface area contributed by atoms with E-state index in [4.69, 9.17) is 0 Å². The Balaban J connectivity index is 2.10. The van der Waals surface area contributed by atoms with Gasteiger partial charge in [0.25, 0.3) is 5.56 Å². The number of hydrogen-bond acceptors (Lipinski definition) is 4. The van der Waals surface area contributed by atoms with Crippen LogP contribution in [0.4, 0.5) is 5.82 Å². The first-order valence-corrected chi connectivity index (χ1v) is 5.72. The Hall–Kier alpha value is -2.64. The predicted octanol–water partition coefficient (Wildman–Crippen LogP) is -0.539. The number of rotatable bonds is 4. The summed E-state index contributed by atoms with van der Waals surface area (Å²) in [4.78, 5) is 36.1. The van der Waals surface area contributed by atoms with Crippen LogP contribution in [-0.4, -0.2) is 25.7 Å². The van der Waals surface area contributed by atoms with Crippen molar-refractivity contribution in [2.24, 2.45) is 0 Å². The minimum Gasteiger partial charge on any atom is -0.309 e. The maximum Gasteiger partial charge on any atom is 0.328 e. The number of nitrogens with zero attached hydrogens (tertiary/aromatic N) is 2. The van der Waals surface area contributed by atoms with Crippen molar-refractivity contribution in [3.63, 3.8) is 0 Å². The Morgan fingerprint density at radius 1 is 1.47 bits per heavy atom. The molecule has 0 unspecified atom stereocenters. The average Bonchev–Trinajstić information content (AvgIpc) is 2.80. The van der Waals surface area contributed by atoms with Crippen LogP contribution in [-0.2, 0) is 17.8 Å². The molecule has 19 heavy (non-hydrogen) atoms. The molecule has 0 radical (unpaired) electrons. The molecule has 1 amide bonds. The first kappa shape index (κ1) is 12.8. The highest BCUT2D eigenvalue weighted by Crippen LogP contribution is 2.10. The zero-order valence-corrected chi connectivity index (χ0v) is 10.3. The molecule has 0 aliphatic carbocycles. The van der Waals surface area contributed by atoms with E-state index < -0.39 is 11.2 Å². The smallest absolute Gasteiger partial charge is 0.309 e. The number of nitrogens with one attached hydrogen (secondary N) is 3. The second-order valence-corrected chi connectivity index (χ2v) is 3.91. The fourth-order valence-electron chi connectivity index (χ4n) is 1.59. The SMILES string of the molecule is CCc1cn[nH]c1NC(=O)Cn1ccc(=O)[nH]c1=O. The van der Waals surface area contributed by atoms with Gasteiger partial charge in [0, 0.05) is 17.8 Å². The van der Waals surface area contributed by atoms with Crippen LogP contribution in [0.2, 0.25) is 0 Å². The number of carbonyl (C=O) groups is 1. The van der Waals surface area contributed by atoms with E-state index in [0.29, 0.717) is 5.82 Å². The van der Waals surface area contributed by atoms with Gasteiger partial charge in [-0.2, -0.15) is 5.10 Å². The third-order valence-corrected chi connectivity index (χ3v) is 2.57. The van der Waals surface area contributed by atoms with Crippen LogP contribution in [0.3, 0.4) is 0 Å². The van der Waals surface area contributed by atoms with Crippen molar-refractivity contribution in [2.45, 2.75) is 19.9 Å². The fraction of sp³-hybridized carbons (Fsp3) is 0.273. The van der Waals surface area contributed by atoms with Crippen LogP contribution in [0.5, 0.6) is 0 Å². The topological polar surface area (TPSA) is 113 Å². The number of aryl methyl sites for hydroxylation is 1. The van der Waals surface area contributed by atoms with E-state index in [1.807, 2.05) is 6.92 Å². The molecule has 2 aromatic rings. The highest BCUT2D eigenvalue weighted by atomic mass is 16.2. The maximum atomic E-state index is 11.8. The molecule has 0 atom stereocenters. The van der Waals surface area contributed by atoms with Crippen molar-refractivity contribution >= 4 is 11.7 Å². The third-order valence-electron chi connectivity index (χ3n) is 2.57. The molecule has 0 aromatic carbocycles.